The Morgan fingerprint density at radius 3 is 2.68 bits per heavy atom. The minimum atomic E-state index is -0.455. The van der Waals surface area contributed by atoms with Crippen LogP contribution in [0.15, 0.2) is 24.7 Å². The Labute approximate surface area is 159 Å². The van der Waals surface area contributed by atoms with Crippen molar-refractivity contribution in [3.05, 3.63) is 40.4 Å². The van der Waals surface area contributed by atoms with Crippen molar-refractivity contribution in [3.63, 3.8) is 0 Å². The first-order valence-corrected chi connectivity index (χ1v) is 9.38. The fourth-order valence-corrected chi connectivity index (χ4v) is 3.84. The molecule has 1 aliphatic heterocycles. The quantitative estimate of drug-likeness (QED) is 0.820. The highest BCUT2D eigenvalue weighted by molar-refractivity contribution is 7.99. The molecule has 0 spiro atoms. The van der Waals surface area contributed by atoms with Gasteiger partial charge in [0.15, 0.2) is 11.5 Å². The molecule has 1 amide bonds. The summed E-state index contributed by atoms with van der Waals surface area (Å²) < 4.78 is 11.2. The molecule has 0 saturated carbocycles. The molecule has 3 rings (SSSR count). The summed E-state index contributed by atoms with van der Waals surface area (Å²) in [7, 11) is 1.53. The number of nitrogens with zero attached hydrogens (tertiary/aromatic N) is 2. The summed E-state index contributed by atoms with van der Waals surface area (Å²) in [5.74, 6) is 2.48. The van der Waals surface area contributed by atoms with Crippen molar-refractivity contribution in [3.8, 4) is 11.5 Å². The highest BCUT2D eigenvalue weighted by Gasteiger charge is 2.21. The number of thioether (sulfide) groups is 1. The van der Waals surface area contributed by atoms with Crippen molar-refractivity contribution in [2.45, 2.75) is 12.5 Å². The molecular formula is C16H15Cl2N3O3S. The van der Waals surface area contributed by atoms with Gasteiger partial charge in [0.25, 0.3) is 5.91 Å². The average Bonchev–Trinajstić information content (AvgIpc) is 3.11. The van der Waals surface area contributed by atoms with E-state index in [0.29, 0.717) is 11.5 Å². The molecule has 0 aromatic carbocycles. The number of ether oxygens (including phenoxy) is 2. The van der Waals surface area contributed by atoms with Gasteiger partial charge in [0.2, 0.25) is 0 Å². The lowest BCUT2D eigenvalue weighted by Crippen LogP contribution is -2.18. The van der Waals surface area contributed by atoms with Crippen molar-refractivity contribution in [2.75, 3.05) is 23.9 Å². The summed E-state index contributed by atoms with van der Waals surface area (Å²) in [6.45, 7) is 0. The lowest BCUT2D eigenvalue weighted by atomic mass is 10.2. The molecule has 132 valence electrons. The number of hydrogen-bond donors (Lipinski definition) is 1. The molecule has 0 bridgehead atoms. The summed E-state index contributed by atoms with van der Waals surface area (Å²) in [5.41, 5.74) is 0.459. The lowest BCUT2D eigenvalue weighted by Gasteiger charge is -2.16. The smallest absolute Gasteiger partial charge is 0.274 e. The maximum absolute atomic E-state index is 12.5. The van der Waals surface area contributed by atoms with Gasteiger partial charge in [-0.15, -0.1) is 0 Å². The minimum Gasteiger partial charge on any atom is -0.491 e. The zero-order valence-electron chi connectivity index (χ0n) is 13.3. The van der Waals surface area contributed by atoms with Crippen molar-refractivity contribution < 1.29 is 14.3 Å². The lowest BCUT2D eigenvalue weighted by molar-refractivity contribution is 0.102. The molecular weight excluding hydrogens is 385 g/mol. The fraction of sp³-hybridized carbons (Fsp3) is 0.312. The van der Waals surface area contributed by atoms with E-state index in [1.54, 1.807) is 6.07 Å². The van der Waals surface area contributed by atoms with Crippen LogP contribution in [0.3, 0.4) is 0 Å². The van der Waals surface area contributed by atoms with E-state index in [1.807, 2.05) is 11.8 Å². The van der Waals surface area contributed by atoms with Crippen LogP contribution in [0.2, 0.25) is 10.0 Å². The summed E-state index contributed by atoms with van der Waals surface area (Å²) in [5, 5.41) is 3.14. The summed E-state index contributed by atoms with van der Waals surface area (Å²) in [6.07, 6.45) is 5.32. The highest BCUT2D eigenvalue weighted by atomic mass is 35.5. The number of aromatic nitrogens is 2. The maximum atomic E-state index is 12.5. The van der Waals surface area contributed by atoms with Gasteiger partial charge in [0, 0.05) is 24.2 Å². The molecule has 0 aliphatic carbocycles. The van der Waals surface area contributed by atoms with E-state index < -0.39 is 5.91 Å². The number of amides is 1. The van der Waals surface area contributed by atoms with E-state index in [0.717, 1.165) is 17.9 Å². The van der Waals surface area contributed by atoms with E-state index in [-0.39, 0.29) is 27.5 Å². The Morgan fingerprint density at radius 1 is 1.28 bits per heavy atom. The first-order chi connectivity index (χ1) is 12.1. The molecule has 1 saturated heterocycles. The van der Waals surface area contributed by atoms with Gasteiger partial charge in [0.1, 0.15) is 11.8 Å². The second-order valence-electron chi connectivity index (χ2n) is 5.26. The van der Waals surface area contributed by atoms with E-state index >= 15 is 0 Å². The van der Waals surface area contributed by atoms with E-state index in [4.69, 9.17) is 32.7 Å². The first kappa shape index (κ1) is 18.1. The highest BCUT2D eigenvalue weighted by Crippen LogP contribution is 2.32. The Hall–Kier alpha value is -1.70. The van der Waals surface area contributed by atoms with Crippen LogP contribution in [-0.4, -0.2) is 40.6 Å². The number of methoxy groups -OCH3 is 1. The molecule has 1 aliphatic rings. The third kappa shape index (κ3) is 4.29. The zero-order chi connectivity index (χ0) is 17.8. The average molecular weight is 400 g/mol. The van der Waals surface area contributed by atoms with E-state index in [2.05, 4.69) is 15.3 Å². The number of nitrogens with one attached hydrogen (secondary N) is 1. The van der Waals surface area contributed by atoms with Crippen molar-refractivity contribution in [1.29, 1.82) is 0 Å². The van der Waals surface area contributed by atoms with Gasteiger partial charge in [-0.05, 0) is 12.2 Å². The monoisotopic (exact) mass is 399 g/mol. The standard InChI is InChI=1S/C16H15Cl2N3O3S/c1-23-14-7-20-12(4-13(14)24-9-2-3-25-8-9)16(22)21-15-10(17)5-19-6-11(15)18/h4-7,9H,2-3,8H2,1H3,(H,19,21,22). The maximum Gasteiger partial charge on any atom is 0.274 e. The third-order valence-corrected chi connectivity index (χ3v) is 5.26. The van der Waals surface area contributed by atoms with Crippen molar-refractivity contribution >= 4 is 46.6 Å². The Balaban J connectivity index is 1.82. The number of halogens is 2. The molecule has 2 aromatic rings. The van der Waals surface area contributed by atoms with E-state index in [1.165, 1.54) is 25.7 Å². The third-order valence-electron chi connectivity index (χ3n) is 3.56. The van der Waals surface area contributed by atoms with Crippen LogP contribution in [0.4, 0.5) is 5.69 Å². The predicted molar refractivity (Wildman–Crippen MR) is 99.4 cm³/mol. The van der Waals surface area contributed by atoms with Gasteiger partial charge in [0.05, 0.1) is 29.0 Å². The molecule has 1 unspecified atom stereocenters. The van der Waals surface area contributed by atoms with E-state index in [9.17, 15) is 4.79 Å². The number of carbonyl (C=O) groups is 1. The molecule has 2 aromatic heterocycles. The van der Waals surface area contributed by atoms with Crippen LogP contribution < -0.4 is 14.8 Å². The minimum absolute atomic E-state index is 0.0984. The molecule has 1 fully saturated rings. The first-order valence-electron chi connectivity index (χ1n) is 7.47. The summed E-state index contributed by atoms with van der Waals surface area (Å²) in [6, 6.07) is 1.56. The SMILES string of the molecule is COc1cnc(C(=O)Nc2c(Cl)cncc2Cl)cc1OC1CCSC1. The molecule has 1 atom stereocenters. The van der Waals surface area contributed by atoms with Crippen molar-refractivity contribution in [1.82, 2.24) is 9.97 Å². The normalized spacial score (nSPS) is 16.5. The van der Waals surface area contributed by atoms with Crippen LogP contribution >= 0.6 is 35.0 Å². The fourth-order valence-electron chi connectivity index (χ4n) is 2.29. The van der Waals surface area contributed by atoms with Crippen LogP contribution in [-0.2, 0) is 0 Å². The Bertz CT molecular complexity index is 765. The van der Waals surface area contributed by atoms with Gasteiger partial charge in [-0.3, -0.25) is 9.78 Å². The zero-order valence-corrected chi connectivity index (χ0v) is 15.6. The molecule has 25 heavy (non-hydrogen) atoms. The number of hydrogen-bond acceptors (Lipinski definition) is 6. The molecule has 1 N–H and O–H groups in total. The number of carbonyl (C=O) groups excluding carboxylic acids is 1. The van der Waals surface area contributed by atoms with Gasteiger partial charge < -0.3 is 14.8 Å². The molecule has 0 radical (unpaired) electrons. The Morgan fingerprint density at radius 2 is 2.04 bits per heavy atom. The largest absolute Gasteiger partial charge is 0.491 e. The van der Waals surface area contributed by atoms with Gasteiger partial charge in [-0.2, -0.15) is 11.8 Å². The van der Waals surface area contributed by atoms with Crippen LogP contribution in [0.25, 0.3) is 0 Å². The summed E-state index contributed by atoms with van der Waals surface area (Å²) in [4.78, 5) is 20.5. The number of anilines is 1. The van der Waals surface area contributed by atoms with Crippen LogP contribution in [0.1, 0.15) is 16.9 Å². The van der Waals surface area contributed by atoms with Crippen molar-refractivity contribution in [2.24, 2.45) is 0 Å². The van der Waals surface area contributed by atoms with Gasteiger partial charge in [-0.25, -0.2) is 4.98 Å². The molecule has 9 heteroatoms. The second-order valence-corrected chi connectivity index (χ2v) is 7.22. The second kappa shape index (κ2) is 8.12. The molecule has 3 heterocycles. The predicted octanol–water partition coefficient (Wildman–Crippen LogP) is 3.93. The van der Waals surface area contributed by atoms with Gasteiger partial charge in [-0.1, -0.05) is 23.2 Å². The molecule has 6 nitrogen and oxygen atoms in total. The summed E-state index contributed by atoms with van der Waals surface area (Å²) >= 11 is 13.9. The number of rotatable bonds is 5. The van der Waals surface area contributed by atoms with Crippen LogP contribution in [0, 0.1) is 0 Å². The Kier molecular flexibility index (Phi) is 5.88. The topological polar surface area (TPSA) is 73.3 Å². The van der Waals surface area contributed by atoms with Gasteiger partial charge >= 0.3 is 0 Å². The van der Waals surface area contributed by atoms with Crippen LogP contribution in [0.5, 0.6) is 11.5 Å². The number of pyridine rings is 2.